The number of benzene rings is 1. The van der Waals surface area contributed by atoms with E-state index in [-0.39, 0.29) is 0 Å². The fourth-order valence-electron chi connectivity index (χ4n) is 2.02. The van der Waals surface area contributed by atoms with Crippen molar-refractivity contribution in [1.82, 2.24) is 0 Å². The van der Waals surface area contributed by atoms with E-state index in [1.54, 1.807) is 0 Å². The minimum absolute atomic E-state index is 0.467. The molecule has 1 aliphatic heterocycles. The van der Waals surface area contributed by atoms with Crippen LogP contribution in [0.4, 0.5) is 0 Å². The maximum atomic E-state index is 5.67. The zero-order valence-electron chi connectivity index (χ0n) is 8.16. The van der Waals surface area contributed by atoms with Gasteiger partial charge in [-0.2, -0.15) is 0 Å². The molecule has 0 aromatic heterocycles. The SMILES string of the molecule is IC[C@@H]1C[C@@H](c2ccccc2)CCO1. The van der Waals surface area contributed by atoms with Crippen LogP contribution in [0, 0.1) is 0 Å². The summed E-state index contributed by atoms with van der Waals surface area (Å²) in [6.07, 6.45) is 2.83. The number of rotatable bonds is 2. The third-order valence-electron chi connectivity index (χ3n) is 2.81. The molecule has 1 nitrogen and oxygen atoms in total. The van der Waals surface area contributed by atoms with Crippen molar-refractivity contribution < 1.29 is 4.74 Å². The maximum Gasteiger partial charge on any atom is 0.0670 e. The van der Waals surface area contributed by atoms with E-state index in [0.717, 1.165) is 11.0 Å². The molecule has 0 aliphatic carbocycles. The van der Waals surface area contributed by atoms with Gasteiger partial charge in [0.05, 0.1) is 6.10 Å². The Morgan fingerprint density at radius 3 is 2.79 bits per heavy atom. The average Bonchev–Trinajstić information content (AvgIpc) is 2.30. The predicted octanol–water partition coefficient (Wildman–Crippen LogP) is 3.38. The molecular weight excluding hydrogens is 287 g/mol. The summed E-state index contributed by atoms with van der Waals surface area (Å²) in [6.45, 7) is 0.924. The van der Waals surface area contributed by atoms with Crippen LogP contribution in [-0.4, -0.2) is 17.1 Å². The molecule has 2 atom stereocenters. The first kappa shape index (κ1) is 10.4. The lowest BCUT2D eigenvalue weighted by Gasteiger charge is -2.28. The number of halogens is 1. The molecule has 2 rings (SSSR count). The summed E-state index contributed by atoms with van der Waals surface area (Å²) in [5.41, 5.74) is 1.48. The average molecular weight is 302 g/mol. The Labute approximate surface area is 99.0 Å². The maximum absolute atomic E-state index is 5.67. The van der Waals surface area contributed by atoms with Crippen LogP contribution in [0.1, 0.15) is 24.3 Å². The number of alkyl halides is 1. The van der Waals surface area contributed by atoms with Gasteiger partial charge in [-0.1, -0.05) is 52.9 Å². The second kappa shape index (κ2) is 5.12. The molecule has 1 aliphatic rings. The summed E-state index contributed by atoms with van der Waals surface area (Å²) in [7, 11) is 0. The Morgan fingerprint density at radius 1 is 1.29 bits per heavy atom. The fourth-order valence-corrected chi connectivity index (χ4v) is 2.63. The number of hydrogen-bond acceptors (Lipinski definition) is 1. The van der Waals surface area contributed by atoms with Crippen molar-refractivity contribution in [2.24, 2.45) is 0 Å². The molecule has 2 heteroatoms. The lowest BCUT2D eigenvalue weighted by molar-refractivity contribution is 0.0233. The molecule has 0 radical (unpaired) electrons. The van der Waals surface area contributed by atoms with Crippen molar-refractivity contribution in [3.63, 3.8) is 0 Å². The fraction of sp³-hybridized carbons (Fsp3) is 0.500. The lowest BCUT2D eigenvalue weighted by atomic mass is 9.89. The van der Waals surface area contributed by atoms with E-state index in [1.165, 1.54) is 18.4 Å². The van der Waals surface area contributed by atoms with Crippen molar-refractivity contribution in [3.8, 4) is 0 Å². The zero-order chi connectivity index (χ0) is 9.80. The highest BCUT2D eigenvalue weighted by molar-refractivity contribution is 14.1. The zero-order valence-corrected chi connectivity index (χ0v) is 10.3. The third kappa shape index (κ3) is 2.48. The molecular formula is C12H15IO. The summed E-state index contributed by atoms with van der Waals surface area (Å²) < 4.78 is 6.78. The summed E-state index contributed by atoms with van der Waals surface area (Å²) >= 11 is 2.41. The van der Waals surface area contributed by atoms with Crippen molar-refractivity contribution >= 4 is 22.6 Å². The van der Waals surface area contributed by atoms with E-state index < -0.39 is 0 Å². The Balaban J connectivity index is 2.04. The van der Waals surface area contributed by atoms with Gasteiger partial charge in [-0.3, -0.25) is 0 Å². The van der Waals surface area contributed by atoms with Gasteiger partial charge in [-0.05, 0) is 24.3 Å². The number of ether oxygens (including phenoxy) is 1. The quantitative estimate of drug-likeness (QED) is 0.601. The Kier molecular flexibility index (Phi) is 3.81. The standard InChI is InChI=1S/C12H15IO/c13-9-12-8-11(6-7-14-12)10-4-2-1-3-5-10/h1-5,11-12H,6-9H2/t11-,12-/m0/s1. The smallest absolute Gasteiger partial charge is 0.0670 e. The summed E-state index contributed by atoms with van der Waals surface area (Å²) in [4.78, 5) is 0. The van der Waals surface area contributed by atoms with Crippen molar-refractivity contribution in [3.05, 3.63) is 35.9 Å². The van der Waals surface area contributed by atoms with E-state index in [4.69, 9.17) is 4.74 Å². The Hall–Kier alpha value is -0.0900. The number of hydrogen-bond donors (Lipinski definition) is 0. The molecule has 1 aromatic carbocycles. The minimum Gasteiger partial charge on any atom is -0.377 e. The van der Waals surface area contributed by atoms with Crippen molar-refractivity contribution in [2.75, 3.05) is 11.0 Å². The van der Waals surface area contributed by atoms with Crippen LogP contribution in [0.3, 0.4) is 0 Å². The van der Waals surface area contributed by atoms with Crippen molar-refractivity contribution in [1.29, 1.82) is 0 Å². The Bertz CT molecular complexity index is 273. The van der Waals surface area contributed by atoms with Crippen LogP contribution in [0.15, 0.2) is 30.3 Å². The van der Waals surface area contributed by atoms with Crippen LogP contribution in [0.5, 0.6) is 0 Å². The highest BCUT2D eigenvalue weighted by Gasteiger charge is 2.22. The molecule has 1 heterocycles. The molecule has 0 amide bonds. The van der Waals surface area contributed by atoms with Gasteiger partial charge in [0.25, 0.3) is 0 Å². The van der Waals surface area contributed by atoms with Crippen LogP contribution in [-0.2, 0) is 4.74 Å². The summed E-state index contributed by atoms with van der Waals surface area (Å²) in [6, 6.07) is 10.8. The van der Waals surface area contributed by atoms with Crippen LogP contribution in [0.25, 0.3) is 0 Å². The van der Waals surface area contributed by atoms with Crippen LogP contribution >= 0.6 is 22.6 Å². The molecule has 0 spiro atoms. The van der Waals surface area contributed by atoms with Gasteiger partial charge in [0, 0.05) is 11.0 Å². The highest BCUT2D eigenvalue weighted by atomic mass is 127. The topological polar surface area (TPSA) is 9.23 Å². The Morgan fingerprint density at radius 2 is 2.07 bits per heavy atom. The first-order chi connectivity index (χ1) is 6.90. The second-order valence-electron chi connectivity index (χ2n) is 3.78. The van der Waals surface area contributed by atoms with Gasteiger partial charge in [-0.15, -0.1) is 0 Å². The summed E-state index contributed by atoms with van der Waals surface area (Å²) in [5, 5.41) is 0. The monoisotopic (exact) mass is 302 g/mol. The van der Waals surface area contributed by atoms with E-state index >= 15 is 0 Å². The molecule has 0 bridgehead atoms. The molecule has 1 saturated heterocycles. The predicted molar refractivity (Wildman–Crippen MR) is 67.0 cm³/mol. The lowest BCUT2D eigenvalue weighted by Crippen LogP contribution is -2.25. The van der Waals surface area contributed by atoms with Gasteiger partial charge in [0.2, 0.25) is 0 Å². The van der Waals surface area contributed by atoms with Crippen LogP contribution in [0.2, 0.25) is 0 Å². The molecule has 0 saturated carbocycles. The first-order valence-corrected chi connectivity index (χ1v) is 6.65. The van der Waals surface area contributed by atoms with E-state index in [2.05, 4.69) is 52.9 Å². The van der Waals surface area contributed by atoms with E-state index in [1.807, 2.05) is 0 Å². The van der Waals surface area contributed by atoms with Gasteiger partial charge in [0.15, 0.2) is 0 Å². The molecule has 76 valence electrons. The van der Waals surface area contributed by atoms with Gasteiger partial charge >= 0.3 is 0 Å². The highest BCUT2D eigenvalue weighted by Crippen LogP contribution is 2.30. The molecule has 0 N–H and O–H groups in total. The molecule has 14 heavy (non-hydrogen) atoms. The van der Waals surface area contributed by atoms with E-state index in [9.17, 15) is 0 Å². The van der Waals surface area contributed by atoms with Gasteiger partial charge in [-0.25, -0.2) is 0 Å². The van der Waals surface area contributed by atoms with Crippen molar-refractivity contribution in [2.45, 2.75) is 24.9 Å². The minimum atomic E-state index is 0.467. The van der Waals surface area contributed by atoms with Gasteiger partial charge in [0.1, 0.15) is 0 Å². The third-order valence-corrected chi connectivity index (χ3v) is 3.79. The second-order valence-corrected chi connectivity index (χ2v) is 4.66. The normalized spacial score (nSPS) is 27.5. The summed E-state index contributed by atoms with van der Waals surface area (Å²) in [5.74, 6) is 0.713. The molecule has 0 unspecified atom stereocenters. The first-order valence-electron chi connectivity index (χ1n) is 5.12. The molecule has 1 fully saturated rings. The van der Waals surface area contributed by atoms with Crippen LogP contribution < -0.4 is 0 Å². The van der Waals surface area contributed by atoms with Gasteiger partial charge < -0.3 is 4.74 Å². The molecule has 1 aromatic rings. The largest absolute Gasteiger partial charge is 0.377 e. The van der Waals surface area contributed by atoms with E-state index in [0.29, 0.717) is 12.0 Å².